The van der Waals surface area contributed by atoms with Crippen molar-refractivity contribution in [3.05, 3.63) is 60.0 Å². The van der Waals surface area contributed by atoms with Crippen LogP contribution in [-0.2, 0) is 14.3 Å². The summed E-state index contributed by atoms with van der Waals surface area (Å²) in [5.74, 6) is 1.47. The topological polar surface area (TPSA) is 89.5 Å². The zero-order valence-corrected chi connectivity index (χ0v) is 18.7. The standard InChI is InChI=1S/C25H26O8/c1-28-16-4-6-17(7-5-16)32-23-14-31-22-13-18(8-9-21(22)24(23)26)33-25(27)15-10-19(29-2)12-20(11-15)30-3/h4-7,10-12,14,18,21-22H,8-9,13H2,1-3H3. The number of allylic oxidation sites excluding steroid dienone is 1. The highest BCUT2D eigenvalue weighted by Crippen LogP contribution is 2.36. The first-order valence-electron chi connectivity index (χ1n) is 10.7. The van der Waals surface area contributed by atoms with E-state index in [2.05, 4.69) is 0 Å². The Hall–Kier alpha value is -3.68. The minimum atomic E-state index is -0.475. The van der Waals surface area contributed by atoms with Crippen LogP contribution in [0.5, 0.6) is 23.0 Å². The first kappa shape index (κ1) is 22.5. The predicted octanol–water partition coefficient (Wildman–Crippen LogP) is 3.93. The summed E-state index contributed by atoms with van der Waals surface area (Å²) in [6.07, 6.45) is 2.14. The van der Waals surface area contributed by atoms with E-state index in [0.717, 1.165) is 0 Å². The molecule has 0 aromatic heterocycles. The van der Waals surface area contributed by atoms with Crippen LogP contribution in [0.4, 0.5) is 0 Å². The molecule has 8 nitrogen and oxygen atoms in total. The maximum atomic E-state index is 12.9. The molecule has 3 atom stereocenters. The van der Waals surface area contributed by atoms with Gasteiger partial charge in [-0.2, -0.15) is 0 Å². The van der Waals surface area contributed by atoms with E-state index in [9.17, 15) is 9.59 Å². The van der Waals surface area contributed by atoms with Gasteiger partial charge in [-0.3, -0.25) is 4.79 Å². The maximum Gasteiger partial charge on any atom is 0.338 e. The van der Waals surface area contributed by atoms with Gasteiger partial charge in [-0.15, -0.1) is 0 Å². The summed E-state index contributed by atoms with van der Waals surface area (Å²) >= 11 is 0. The summed E-state index contributed by atoms with van der Waals surface area (Å²) in [6.45, 7) is 0. The summed E-state index contributed by atoms with van der Waals surface area (Å²) in [7, 11) is 4.61. The molecule has 1 fully saturated rings. The number of hydrogen-bond acceptors (Lipinski definition) is 8. The van der Waals surface area contributed by atoms with Gasteiger partial charge in [0.2, 0.25) is 11.5 Å². The second kappa shape index (κ2) is 9.85. The number of rotatable bonds is 7. The molecule has 0 radical (unpaired) electrons. The number of Topliss-reactive ketones (excluding diaryl/α,β-unsaturated/α-hetero) is 1. The average Bonchev–Trinajstić information content (AvgIpc) is 2.85. The van der Waals surface area contributed by atoms with E-state index in [1.165, 1.54) is 20.5 Å². The van der Waals surface area contributed by atoms with E-state index < -0.39 is 5.97 Å². The summed E-state index contributed by atoms with van der Waals surface area (Å²) in [6, 6.07) is 11.8. The zero-order valence-electron chi connectivity index (χ0n) is 18.7. The quantitative estimate of drug-likeness (QED) is 0.582. The van der Waals surface area contributed by atoms with Crippen LogP contribution in [-0.4, -0.2) is 45.3 Å². The van der Waals surface area contributed by atoms with Gasteiger partial charge in [-0.25, -0.2) is 4.79 Å². The minimum Gasteiger partial charge on any atom is -0.497 e. The molecule has 4 rings (SSSR count). The lowest BCUT2D eigenvalue weighted by molar-refractivity contribution is -0.132. The molecule has 2 aromatic rings. The van der Waals surface area contributed by atoms with Crippen LogP contribution in [0.25, 0.3) is 0 Å². The van der Waals surface area contributed by atoms with Crippen molar-refractivity contribution >= 4 is 11.8 Å². The molecule has 174 valence electrons. The van der Waals surface area contributed by atoms with E-state index in [1.807, 2.05) is 0 Å². The van der Waals surface area contributed by atoms with Gasteiger partial charge in [-0.05, 0) is 49.2 Å². The Balaban J connectivity index is 1.38. The third kappa shape index (κ3) is 5.05. The van der Waals surface area contributed by atoms with Crippen molar-refractivity contribution < 1.29 is 38.0 Å². The lowest BCUT2D eigenvalue weighted by Gasteiger charge is -2.36. The molecule has 1 aliphatic carbocycles. The molecular formula is C25H26O8. The highest BCUT2D eigenvalue weighted by molar-refractivity contribution is 5.96. The predicted molar refractivity (Wildman–Crippen MR) is 118 cm³/mol. The van der Waals surface area contributed by atoms with Crippen LogP contribution in [0, 0.1) is 5.92 Å². The number of esters is 1. The molecule has 2 aromatic carbocycles. The van der Waals surface area contributed by atoms with Crippen molar-refractivity contribution in [3.8, 4) is 23.0 Å². The van der Waals surface area contributed by atoms with Crippen molar-refractivity contribution in [2.45, 2.75) is 31.5 Å². The Bertz CT molecular complexity index is 1020. The number of ether oxygens (including phenoxy) is 6. The summed E-state index contributed by atoms with van der Waals surface area (Å²) in [4.78, 5) is 25.6. The molecule has 0 bridgehead atoms. The van der Waals surface area contributed by atoms with E-state index in [0.29, 0.717) is 47.8 Å². The number of methoxy groups -OCH3 is 3. The highest BCUT2D eigenvalue weighted by atomic mass is 16.6. The number of carbonyl (C=O) groups is 2. The lowest BCUT2D eigenvalue weighted by atomic mass is 9.80. The number of hydrogen-bond donors (Lipinski definition) is 0. The largest absolute Gasteiger partial charge is 0.497 e. The first-order chi connectivity index (χ1) is 16.0. The number of ketones is 1. The molecule has 1 aliphatic heterocycles. The zero-order chi connectivity index (χ0) is 23.4. The first-order valence-corrected chi connectivity index (χ1v) is 10.7. The smallest absolute Gasteiger partial charge is 0.338 e. The Morgan fingerprint density at radius 2 is 1.52 bits per heavy atom. The molecule has 0 saturated heterocycles. The fourth-order valence-corrected chi connectivity index (χ4v) is 4.03. The summed E-state index contributed by atoms with van der Waals surface area (Å²) in [5.41, 5.74) is 0.337. The normalized spacial score (nSPS) is 21.7. The lowest BCUT2D eigenvalue weighted by Crippen LogP contribution is -2.43. The van der Waals surface area contributed by atoms with Gasteiger partial charge in [0.15, 0.2) is 0 Å². The van der Waals surface area contributed by atoms with E-state index >= 15 is 0 Å². The second-order valence-corrected chi connectivity index (χ2v) is 7.85. The van der Waals surface area contributed by atoms with Crippen molar-refractivity contribution in [2.24, 2.45) is 5.92 Å². The van der Waals surface area contributed by atoms with Crippen molar-refractivity contribution in [3.63, 3.8) is 0 Å². The van der Waals surface area contributed by atoms with E-state index in [1.54, 1.807) is 49.6 Å². The molecule has 0 spiro atoms. The summed E-state index contributed by atoms with van der Waals surface area (Å²) < 4.78 is 32.8. The van der Waals surface area contributed by atoms with Crippen molar-refractivity contribution in [1.29, 1.82) is 0 Å². The average molecular weight is 454 g/mol. The van der Waals surface area contributed by atoms with Gasteiger partial charge in [0.25, 0.3) is 0 Å². The minimum absolute atomic E-state index is 0.107. The van der Waals surface area contributed by atoms with Crippen molar-refractivity contribution in [2.75, 3.05) is 21.3 Å². The van der Waals surface area contributed by atoms with Gasteiger partial charge < -0.3 is 28.4 Å². The van der Waals surface area contributed by atoms with Gasteiger partial charge in [-0.1, -0.05) is 0 Å². The van der Waals surface area contributed by atoms with E-state index in [4.69, 9.17) is 28.4 Å². The molecule has 1 saturated carbocycles. The van der Waals surface area contributed by atoms with Crippen LogP contribution in [0.3, 0.4) is 0 Å². The fourth-order valence-electron chi connectivity index (χ4n) is 4.03. The third-order valence-electron chi connectivity index (χ3n) is 5.82. The Morgan fingerprint density at radius 3 is 2.15 bits per heavy atom. The Morgan fingerprint density at radius 1 is 0.879 bits per heavy atom. The highest BCUT2D eigenvalue weighted by Gasteiger charge is 2.42. The van der Waals surface area contributed by atoms with Gasteiger partial charge in [0.1, 0.15) is 41.5 Å². The SMILES string of the molecule is COc1ccc(OC2=COC3CC(OC(=O)c4cc(OC)cc(OC)c4)CCC3C2=O)cc1. The monoisotopic (exact) mass is 454 g/mol. The van der Waals surface area contributed by atoms with E-state index in [-0.39, 0.29) is 29.7 Å². The molecule has 0 amide bonds. The van der Waals surface area contributed by atoms with Crippen LogP contribution in [0.1, 0.15) is 29.6 Å². The van der Waals surface area contributed by atoms with Gasteiger partial charge in [0, 0.05) is 12.5 Å². The number of benzene rings is 2. The maximum absolute atomic E-state index is 12.9. The Labute approximate surface area is 192 Å². The molecule has 8 heteroatoms. The molecule has 2 aliphatic rings. The molecule has 3 unspecified atom stereocenters. The molecule has 33 heavy (non-hydrogen) atoms. The number of fused-ring (bicyclic) bond motifs is 1. The fraction of sp³-hybridized carbons (Fsp3) is 0.360. The third-order valence-corrected chi connectivity index (χ3v) is 5.82. The Kier molecular flexibility index (Phi) is 6.72. The molecule has 0 N–H and O–H groups in total. The second-order valence-electron chi connectivity index (χ2n) is 7.85. The van der Waals surface area contributed by atoms with Crippen LogP contribution < -0.4 is 18.9 Å². The van der Waals surface area contributed by atoms with Crippen LogP contribution >= 0.6 is 0 Å². The van der Waals surface area contributed by atoms with Gasteiger partial charge >= 0.3 is 5.97 Å². The molecule has 1 heterocycles. The van der Waals surface area contributed by atoms with Crippen LogP contribution in [0.15, 0.2) is 54.5 Å². The number of carbonyl (C=O) groups excluding carboxylic acids is 2. The van der Waals surface area contributed by atoms with Crippen LogP contribution in [0.2, 0.25) is 0 Å². The summed E-state index contributed by atoms with van der Waals surface area (Å²) in [5, 5.41) is 0. The molecular weight excluding hydrogens is 428 g/mol. The van der Waals surface area contributed by atoms with Gasteiger partial charge in [0.05, 0.1) is 32.8 Å². The van der Waals surface area contributed by atoms with Crippen molar-refractivity contribution in [1.82, 2.24) is 0 Å².